The van der Waals surface area contributed by atoms with Gasteiger partial charge in [-0.3, -0.25) is 9.88 Å². The smallest absolute Gasteiger partial charge is 0.357 e. The van der Waals surface area contributed by atoms with Crippen LogP contribution < -0.4 is 0 Å². The number of carboxylic acids is 1. The van der Waals surface area contributed by atoms with Gasteiger partial charge in [0.25, 0.3) is 0 Å². The molecule has 19 heavy (non-hydrogen) atoms. The highest BCUT2D eigenvalue weighted by Gasteiger charge is 2.11. The van der Waals surface area contributed by atoms with E-state index in [0.29, 0.717) is 12.4 Å². The van der Waals surface area contributed by atoms with Crippen molar-refractivity contribution in [1.29, 1.82) is 0 Å². The first kappa shape index (κ1) is 13.2. The number of rotatable bonds is 6. The summed E-state index contributed by atoms with van der Waals surface area (Å²) in [5.41, 5.74) is 1.15. The van der Waals surface area contributed by atoms with Gasteiger partial charge in [-0.25, -0.2) is 9.78 Å². The molecule has 0 bridgehead atoms. The molecule has 0 aromatic carbocycles. The summed E-state index contributed by atoms with van der Waals surface area (Å²) < 4.78 is 5.11. The number of aromatic carboxylic acids is 1. The van der Waals surface area contributed by atoms with Crippen LogP contribution in [0, 0.1) is 0 Å². The first-order chi connectivity index (χ1) is 9.15. The monoisotopic (exact) mass is 261 g/mol. The molecule has 6 heteroatoms. The second-order valence-corrected chi connectivity index (χ2v) is 4.27. The fourth-order valence-corrected chi connectivity index (χ4v) is 1.66. The summed E-state index contributed by atoms with van der Waals surface area (Å²) in [6, 6.07) is 3.95. The van der Waals surface area contributed by atoms with Crippen molar-refractivity contribution in [3.63, 3.8) is 0 Å². The van der Waals surface area contributed by atoms with Gasteiger partial charge in [0.15, 0.2) is 5.69 Å². The molecule has 0 saturated heterocycles. The van der Waals surface area contributed by atoms with E-state index in [1.807, 2.05) is 24.1 Å². The van der Waals surface area contributed by atoms with Crippen molar-refractivity contribution in [2.45, 2.75) is 13.0 Å². The molecule has 0 atom stereocenters. The quantitative estimate of drug-likeness (QED) is 0.847. The van der Waals surface area contributed by atoms with Crippen LogP contribution in [-0.2, 0) is 13.0 Å². The van der Waals surface area contributed by atoms with Gasteiger partial charge in [-0.05, 0) is 31.2 Å². The lowest BCUT2D eigenvalue weighted by Gasteiger charge is -2.13. The van der Waals surface area contributed by atoms with Crippen molar-refractivity contribution in [2.24, 2.45) is 0 Å². The van der Waals surface area contributed by atoms with Crippen LogP contribution in [0.3, 0.4) is 0 Å². The Morgan fingerprint density at radius 3 is 2.79 bits per heavy atom. The van der Waals surface area contributed by atoms with E-state index in [9.17, 15) is 4.79 Å². The molecular formula is C13H15N3O3. The molecule has 2 rings (SSSR count). The summed E-state index contributed by atoms with van der Waals surface area (Å²) in [5, 5.41) is 8.74. The molecule has 0 spiro atoms. The number of nitrogens with zero attached hydrogens (tertiary/aromatic N) is 3. The number of hydrogen-bond donors (Lipinski definition) is 1. The molecule has 0 aliphatic carbocycles. The Morgan fingerprint density at radius 1 is 1.42 bits per heavy atom. The first-order valence-corrected chi connectivity index (χ1v) is 5.90. The highest BCUT2D eigenvalue weighted by molar-refractivity contribution is 5.84. The van der Waals surface area contributed by atoms with E-state index in [-0.39, 0.29) is 5.69 Å². The van der Waals surface area contributed by atoms with Crippen LogP contribution in [-0.4, -0.2) is 39.5 Å². The molecule has 0 aliphatic heterocycles. The number of likely N-dealkylation sites (N-methyl/N-ethyl adjacent to an activating group) is 1. The average molecular weight is 261 g/mol. The molecule has 0 fully saturated rings. The first-order valence-electron chi connectivity index (χ1n) is 5.90. The van der Waals surface area contributed by atoms with E-state index < -0.39 is 5.97 Å². The fraction of sp³-hybridized carbons (Fsp3) is 0.308. The topological polar surface area (TPSA) is 79.5 Å². The lowest BCUT2D eigenvalue weighted by atomic mass is 10.2. The normalized spacial score (nSPS) is 10.8. The maximum atomic E-state index is 10.7. The third kappa shape index (κ3) is 3.89. The molecule has 0 amide bonds. The van der Waals surface area contributed by atoms with Crippen LogP contribution in [0.2, 0.25) is 0 Å². The van der Waals surface area contributed by atoms with Crippen molar-refractivity contribution in [2.75, 3.05) is 13.6 Å². The molecule has 0 unspecified atom stereocenters. The maximum Gasteiger partial charge on any atom is 0.357 e. The van der Waals surface area contributed by atoms with Crippen molar-refractivity contribution in [1.82, 2.24) is 14.9 Å². The summed E-state index contributed by atoms with van der Waals surface area (Å²) in [6.07, 6.45) is 5.59. The highest BCUT2D eigenvalue weighted by Crippen LogP contribution is 2.06. The average Bonchev–Trinajstić information content (AvgIpc) is 2.86. The van der Waals surface area contributed by atoms with E-state index in [1.54, 1.807) is 12.4 Å². The van der Waals surface area contributed by atoms with Gasteiger partial charge >= 0.3 is 5.97 Å². The van der Waals surface area contributed by atoms with Gasteiger partial charge in [0.1, 0.15) is 6.26 Å². The van der Waals surface area contributed by atoms with Crippen molar-refractivity contribution in [3.8, 4) is 0 Å². The van der Waals surface area contributed by atoms with Gasteiger partial charge in [0.05, 0.1) is 6.54 Å². The summed E-state index contributed by atoms with van der Waals surface area (Å²) in [4.78, 5) is 20.5. The zero-order chi connectivity index (χ0) is 13.7. The molecule has 0 saturated carbocycles. The molecule has 100 valence electrons. The number of oxazole rings is 1. The summed E-state index contributed by atoms with van der Waals surface area (Å²) in [6.45, 7) is 1.31. The molecule has 1 N–H and O–H groups in total. The van der Waals surface area contributed by atoms with Crippen LogP contribution in [0.5, 0.6) is 0 Å². The molecule has 0 aliphatic rings. The van der Waals surface area contributed by atoms with E-state index in [0.717, 1.165) is 19.2 Å². The van der Waals surface area contributed by atoms with E-state index >= 15 is 0 Å². The second kappa shape index (κ2) is 6.10. The Bertz CT molecular complexity index is 539. The molecule has 0 radical (unpaired) electrons. The van der Waals surface area contributed by atoms with Crippen molar-refractivity contribution in [3.05, 3.63) is 47.9 Å². The van der Waals surface area contributed by atoms with Gasteiger partial charge in [-0.2, -0.15) is 0 Å². The zero-order valence-electron chi connectivity index (χ0n) is 10.6. The summed E-state index contributed by atoms with van der Waals surface area (Å²) in [7, 11) is 1.94. The Balaban J connectivity index is 1.83. The van der Waals surface area contributed by atoms with Crippen LogP contribution in [0.1, 0.15) is 21.9 Å². The van der Waals surface area contributed by atoms with Gasteiger partial charge in [-0.1, -0.05) is 0 Å². The minimum atomic E-state index is -1.07. The maximum absolute atomic E-state index is 10.7. The Hall–Kier alpha value is -2.21. The number of pyridine rings is 1. The summed E-state index contributed by atoms with van der Waals surface area (Å²) in [5.74, 6) is -0.663. The van der Waals surface area contributed by atoms with Crippen LogP contribution in [0.4, 0.5) is 0 Å². The lowest BCUT2D eigenvalue weighted by molar-refractivity contribution is 0.0690. The molecule has 2 aromatic rings. The SMILES string of the molecule is CN(CCc1ccncc1)Cc1nc(C(=O)O)co1. The predicted molar refractivity (Wildman–Crippen MR) is 67.7 cm³/mol. The predicted octanol–water partition coefficient (Wildman–Crippen LogP) is 1.44. The number of carbonyl (C=O) groups is 1. The highest BCUT2D eigenvalue weighted by atomic mass is 16.4. The van der Waals surface area contributed by atoms with Crippen LogP contribution in [0.15, 0.2) is 35.2 Å². The second-order valence-electron chi connectivity index (χ2n) is 4.27. The number of carboxylic acid groups (broad SMARTS) is 1. The Labute approximate surface area is 110 Å². The van der Waals surface area contributed by atoms with Gasteiger partial charge < -0.3 is 9.52 Å². The molecular weight excluding hydrogens is 246 g/mol. The van der Waals surface area contributed by atoms with E-state index in [2.05, 4.69) is 9.97 Å². The van der Waals surface area contributed by atoms with E-state index in [1.165, 1.54) is 5.56 Å². The Kier molecular flexibility index (Phi) is 4.25. The van der Waals surface area contributed by atoms with Crippen molar-refractivity contribution < 1.29 is 14.3 Å². The van der Waals surface area contributed by atoms with Gasteiger partial charge in [0.2, 0.25) is 5.89 Å². The van der Waals surface area contributed by atoms with Gasteiger partial charge in [0, 0.05) is 18.9 Å². The van der Waals surface area contributed by atoms with Crippen molar-refractivity contribution >= 4 is 5.97 Å². The minimum absolute atomic E-state index is 0.0578. The fourth-order valence-electron chi connectivity index (χ4n) is 1.66. The lowest BCUT2D eigenvalue weighted by Crippen LogP contribution is -2.21. The molecule has 6 nitrogen and oxygen atoms in total. The third-order valence-electron chi connectivity index (χ3n) is 2.71. The van der Waals surface area contributed by atoms with Crippen LogP contribution in [0.25, 0.3) is 0 Å². The van der Waals surface area contributed by atoms with Gasteiger partial charge in [-0.15, -0.1) is 0 Å². The van der Waals surface area contributed by atoms with Crippen LogP contribution >= 0.6 is 0 Å². The summed E-state index contributed by atoms with van der Waals surface area (Å²) >= 11 is 0. The van der Waals surface area contributed by atoms with E-state index in [4.69, 9.17) is 9.52 Å². The molecule has 2 aromatic heterocycles. The Morgan fingerprint density at radius 2 is 2.16 bits per heavy atom. The zero-order valence-corrected chi connectivity index (χ0v) is 10.6. The minimum Gasteiger partial charge on any atom is -0.476 e. The largest absolute Gasteiger partial charge is 0.476 e. The molecule has 2 heterocycles. The standard InChI is InChI=1S/C13H15N3O3/c1-16(7-4-10-2-5-14-6-3-10)8-12-15-11(9-19-12)13(17)18/h2-3,5-6,9H,4,7-8H2,1H3,(H,17,18). The number of hydrogen-bond acceptors (Lipinski definition) is 5. The third-order valence-corrected chi connectivity index (χ3v) is 2.71. The number of aromatic nitrogens is 2.